The second kappa shape index (κ2) is 6.35. The van der Waals surface area contributed by atoms with Gasteiger partial charge in [-0.25, -0.2) is 4.39 Å². The lowest BCUT2D eigenvalue weighted by Gasteiger charge is -2.14. The summed E-state index contributed by atoms with van der Waals surface area (Å²) in [5.41, 5.74) is 0.741. The van der Waals surface area contributed by atoms with Crippen molar-refractivity contribution in [2.45, 2.75) is 6.54 Å². The van der Waals surface area contributed by atoms with Gasteiger partial charge < -0.3 is 9.32 Å². The molecule has 3 rings (SSSR count). The summed E-state index contributed by atoms with van der Waals surface area (Å²) in [5, 5.41) is 7.86. The molecule has 0 radical (unpaired) electrons. The van der Waals surface area contributed by atoms with Crippen molar-refractivity contribution in [3.8, 4) is 11.5 Å². The highest BCUT2D eigenvalue weighted by Crippen LogP contribution is 2.18. The van der Waals surface area contributed by atoms with Gasteiger partial charge in [-0.3, -0.25) is 9.78 Å². The minimum Gasteiger partial charge on any atom is -0.419 e. The summed E-state index contributed by atoms with van der Waals surface area (Å²) in [6.07, 6.45) is 2.37. The summed E-state index contributed by atoms with van der Waals surface area (Å²) in [5.74, 6) is -0.505. The molecule has 1 aromatic carbocycles. The Bertz CT molecular complexity index is 820. The van der Waals surface area contributed by atoms with Gasteiger partial charge >= 0.3 is 0 Å². The number of aromatic nitrogens is 3. The lowest BCUT2D eigenvalue weighted by atomic mass is 10.2. The monoisotopic (exact) mass is 312 g/mol. The average Bonchev–Trinajstić information content (AvgIpc) is 3.04. The molecule has 0 spiro atoms. The van der Waals surface area contributed by atoms with E-state index in [4.69, 9.17) is 4.42 Å². The molecule has 0 N–H and O–H groups in total. The SMILES string of the molecule is CN(Cc1nnc(-c2ccccc2)o1)C(=O)c1ccncc1F. The second-order valence-electron chi connectivity index (χ2n) is 4.88. The molecule has 0 unspecified atom stereocenters. The highest BCUT2D eigenvalue weighted by Gasteiger charge is 2.18. The van der Waals surface area contributed by atoms with Crippen molar-refractivity contribution in [3.63, 3.8) is 0 Å². The largest absolute Gasteiger partial charge is 0.419 e. The smallest absolute Gasteiger partial charge is 0.257 e. The Balaban J connectivity index is 1.74. The number of amides is 1. The van der Waals surface area contributed by atoms with Gasteiger partial charge in [-0.1, -0.05) is 18.2 Å². The Morgan fingerprint density at radius 2 is 2.00 bits per heavy atom. The van der Waals surface area contributed by atoms with Crippen LogP contribution >= 0.6 is 0 Å². The number of carbonyl (C=O) groups excluding carboxylic acids is 1. The van der Waals surface area contributed by atoms with E-state index in [-0.39, 0.29) is 18.0 Å². The molecule has 2 heterocycles. The molecule has 0 atom stereocenters. The third-order valence-corrected chi connectivity index (χ3v) is 3.21. The number of rotatable bonds is 4. The zero-order valence-electron chi connectivity index (χ0n) is 12.3. The Labute approximate surface area is 131 Å². The molecule has 23 heavy (non-hydrogen) atoms. The number of benzene rings is 1. The zero-order valence-corrected chi connectivity index (χ0v) is 12.3. The van der Waals surface area contributed by atoms with Crippen molar-refractivity contribution in [1.29, 1.82) is 0 Å². The van der Waals surface area contributed by atoms with Crippen molar-refractivity contribution >= 4 is 5.91 Å². The van der Waals surface area contributed by atoms with E-state index in [1.807, 2.05) is 30.3 Å². The van der Waals surface area contributed by atoms with Crippen molar-refractivity contribution in [3.05, 3.63) is 66.1 Å². The number of pyridine rings is 1. The van der Waals surface area contributed by atoms with E-state index >= 15 is 0 Å². The molecule has 0 fully saturated rings. The quantitative estimate of drug-likeness (QED) is 0.740. The van der Waals surface area contributed by atoms with E-state index in [2.05, 4.69) is 15.2 Å². The minimum absolute atomic E-state index is 0.0506. The van der Waals surface area contributed by atoms with Gasteiger partial charge in [-0.05, 0) is 18.2 Å². The van der Waals surface area contributed by atoms with Crippen LogP contribution in [-0.4, -0.2) is 33.0 Å². The molecular formula is C16H13FN4O2. The topological polar surface area (TPSA) is 72.1 Å². The van der Waals surface area contributed by atoms with Gasteiger partial charge in [0, 0.05) is 18.8 Å². The van der Waals surface area contributed by atoms with E-state index in [1.54, 1.807) is 0 Å². The van der Waals surface area contributed by atoms with E-state index in [0.29, 0.717) is 5.89 Å². The second-order valence-corrected chi connectivity index (χ2v) is 4.88. The molecular weight excluding hydrogens is 299 g/mol. The Morgan fingerprint density at radius 3 is 2.74 bits per heavy atom. The van der Waals surface area contributed by atoms with Crippen LogP contribution in [0.5, 0.6) is 0 Å². The summed E-state index contributed by atoms with van der Waals surface area (Å²) in [6.45, 7) is 0.0838. The normalized spacial score (nSPS) is 10.5. The van der Waals surface area contributed by atoms with Crippen LogP contribution in [0.15, 0.2) is 53.2 Å². The summed E-state index contributed by atoms with van der Waals surface area (Å²) < 4.78 is 19.1. The Kier molecular flexibility index (Phi) is 4.09. The van der Waals surface area contributed by atoms with Gasteiger partial charge in [-0.2, -0.15) is 0 Å². The van der Waals surface area contributed by atoms with Crippen LogP contribution in [0.25, 0.3) is 11.5 Å². The third-order valence-electron chi connectivity index (χ3n) is 3.21. The number of nitrogens with zero attached hydrogens (tertiary/aromatic N) is 4. The zero-order chi connectivity index (χ0) is 16.2. The minimum atomic E-state index is -0.667. The molecule has 0 aliphatic rings. The van der Waals surface area contributed by atoms with Crippen LogP contribution in [0.4, 0.5) is 4.39 Å². The standard InChI is InChI=1S/C16H13FN4O2/c1-21(16(22)12-7-8-18-9-13(12)17)10-14-19-20-15(23-14)11-5-3-2-4-6-11/h2-9H,10H2,1H3. The van der Waals surface area contributed by atoms with Crippen molar-refractivity contribution in [2.75, 3.05) is 7.05 Å². The van der Waals surface area contributed by atoms with Crippen LogP contribution in [0.2, 0.25) is 0 Å². The van der Waals surface area contributed by atoms with Gasteiger partial charge in [0.15, 0.2) is 5.82 Å². The van der Waals surface area contributed by atoms with Crippen LogP contribution < -0.4 is 0 Å². The molecule has 116 valence electrons. The Hall–Kier alpha value is -3.09. The molecule has 2 aromatic heterocycles. The predicted octanol–water partition coefficient (Wildman–Crippen LogP) is 2.54. The fourth-order valence-corrected chi connectivity index (χ4v) is 2.04. The molecule has 0 aliphatic heterocycles. The van der Waals surface area contributed by atoms with Crippen LogP contribution in [0.3, 0.4) is 0 Å². The lowest BCUT2D eigenvalue weighted by Crippen LogP contribution is -2.27. The first-order valence-corrected chi connectivity index (χ1v) is 6.88. The molecule has 7 heteroatoms. The molecule has 0 saturated heterocycles. The van der Waals surface area contributed by atoms with E-state index in [0.717, 1.165) is 11.8 Å². The van der Waals surface area contributed by atoms with E-state index in [1.165, 1.54) is 24.2 Å². The first kappa shape index (κ1) is 14.8. The predicted molar refractivity (Wildman–Crippen MR) is 79.7 cm³/mol. The highest BCUT2D eigenvalue weighted by atomic mass is 19.1. The molecule has 1 amide bonds. The van der Waals surface area contributed by atoms with Crippen molar-refractivity contribution in [2.24, 2.45) is 0 Å². The van der Waals surface area contributed by atoms with Crippen LogP contribution in [0.1, 0.15) is 16.2 Å². The van der Waals surface area contributed by atoms with Crippen LogP contribution in [-0.2, 0) is 6.54 Å². The highest BCUT2D eigenvalue weighted by molar-refractivity contribution is 5.94. The molecule has 0 aliphatic carbocycles. The van der Waals surface area contributed by atoms with Crippen molar-refractivity contribution < 1.29 is 13.6 Å². The summed E-state index contributed by atoms with van der Waals surface area (Å²) in [7, 11) is 1.54. The third kappa shape index (κ3) is 3.23. The van der Waals surface area contributed by atoms with Gasteiger partial charge in [0.05, 0.1) is 18.3 Å². The number of carbonyl (C=O) groups is 1. The average molecular weight is 312 g/mol. The number of hydrogen-bond donors (Lipinski definition) is 0. The molecule has 0 bridgehead atoms. The van der Waals surface area contributed by atoms with E-state index < -0.39 is 11.7 Å². The van der Waals surface area contributed by atoms with Gasteiger partial charge in [0.1, 0.15) is 0 Å². The first-order chi connectivity index (χ1) is 11.1. The maximum atomic E-state index is 13.6. The van der Waals surface area contributed by atoms with Crippen LogP contribution in [0, 0.1) is 5.82 Å². The van der Waals surface area contributed by atoms with Gasteiger partial charge in [-0.15, -0.1) is 10.2 Å². The van der Waals surface area contributed by atoms with Gasteiger partial charge in [0.25, 0.3) is 5.91 Å². The number of halogens is 1. The van der Waals surface area contributed by atoms with Gasteiger partial charge in [0.2, 0.25) is 11.8 Å². The first-order valence-electron chi connectivity index (χ1n) is 6.88. The summed E-state index contributed by atoms with van der Waals surface area (Å²) in [6, 6.07) is 10.6. The fourth-order valence-electron chi connectivity index (χ4n) is 2.04. The summed E-state index contributed by atoms with van der Waals surface area (Å²) >= 11 is 0. The maximum absolute atomic E-state index is 13.6. The lowest BCUT2D eigenvalue weighted by molar-refractivity contribution is 0.0768. The van der Waals surface area contributed by atoms with E-state index in [9.17, 15) is 9.18 Å². The molecule has 6 nitrogen and oxygen atoms in total. The number of hydrogen-bond acceptors (Lipinski definition) is 5. The molecule has 3 aromatic rings. The maximum Gasteiger partial charge on any atom is 0.257 e. The Morgan fingerprint density at radius 1 is 1.22 bits per heavy atom. The van der Waals surface area contributed by atoms with Crippen molar-refractivity contribution in [1.82, 2.24) is 20.1 Å². The summed E-state index contributed by atoms with van der Waals surface area (Å²) in [4.78, 5) is 17.1. The fraction of sp³-hybridized carbons (Fsp3) is 0.125. The molecule has 0 saturated carbocycles.